The molecule has 0 spiro atoms. The summed E-state index contributed by atoms with van der Waals surface area (Å²) in [5.41, 5.74) is 5.68. The maximum Gasteiger partial charge on any atom is 0.343 e. The predicted octanol–water partition coefficient (Wildman–Crippen LogP) is -0.117. The fraction of sp³-hybridized carbons (Fsp3) is 0.333. The van der Waals surface area contributed by atoms with Crippen molar-refractivity contribution in [1.82, 2.24) is 20.6 Å². The highest BCUT2D eigenvalue weighted by molar-refractivity contribution is 7.99. The van der Waals surface area contributed by atoms with E-state index in [9.17, 15) is 19.2 Å². The van der Waals surface area contributed by atoms with Crippen LogP contribution in [-0.4, -0.2) is 59.4 Å². The molecule has 0 aromatic carbocycles. The number of imide groups is 1. The van der Waals surface area contributed by atoms with Crippen molar-refractivity contribution in [2.45, 2.75) is 12.1 Å². The van der Waals surface area contributed by atoms with Crippen LogP contribution in [0.4, 0.5) is 10.6 Å². The summed E-state index contributed by atoms with van der Waals surface area (Å²) in [6.45, 7) is 4.81. The number of urea groups is 1. The Kier molecular flexibility index (Phi) is 9.29. The molecule has 1 aromatic heterocycles. The molecule has 0 atom stereocenters. The SMILES string of the molecule is C=CCNC(=O)NC(=O)COC(=O)CSc1ncc(C(=O)OCC)c(N)n1. The zero-order valence-electron chi connectivity index (χ0n) is 14.5. The van der Waals surface area contributed by atoms with E-state index in [2.05, 4.69) is 21.9 Å². The fourth-order valence-corrected chi connectivity index (χ4v) is 2.12. The Morgan fingerprint density at radius 2 is 2.07 bits per heavy atom. The molecule has 0 bridgehead atoms. The fourth-order valence-electron chi connectivity index (χ4n) is 1.50. The third-order valence-electron chi connectivity index (χ3n) is 2.63. The van der Waals surface area contributed by atoms with Gasteiger partial charge in [-0.1, -0.05) is 17.8 Å². The highest BCUT2D eigenvalue weighted by Gasteiger charge is 2.15. The molecular formula is C15H19N5O6S. The van der Waals surface area contributed by atoms with E-state index in [1.165, 1.54) is 12.3 Å². The van der Waals surface area contributed by atoms with Crippen LogP contribution in [0.3, 0.4) is 0 Å². The summed E-state index contributed by atoms with van der Waals surface area (Å²) in [6.07, 6.45) is 2.64. The molecule has 3 amide bonds. The number of nitrogens with two attached hydrogens (primary N) is 1. The third kappa shape index (κ3) is 8.18. The van der Waals surface area contributed by atoms with Crippen LogP contribution in [0.15, 0.2) is 24.0 Å². The Labute approximate surface area is 159 Å². The zero-order chi connectivity index (χ0) is 20.2. The number of ether oxygens (including phenoxy) is 2. The number of esters is 2. The van der Waals surface area contributed by atoms with E-state index in [4.69, 9.17) is 15.2 Å². The Hall–Kier alpha value is -3.15. The minimum absolute atomic E-state index is 0.0233. The van der Waals surface area contributed by atoms with Crippen LogP contribution in [0.25, 0.3) is 0 Å². The van der Waals surface area contributed by atoms with Crippen molar-refractivity contribution in [1.29, 1.82) is 0 Å². The predicted molar refractivity (Wildman–Crippen MR) is 95.8 cm³/mol. The van der Waals surface area contributed by atoms with Gasteiger partial charge in [-0.05, 0) is 6.92 Å². The number of thioether (sulfide) groups is 1. The normalized spacial score (nSPS) is 9.81. The molecule has 0 radical (unpaired) electrons. The second-order valence-electron chi connectivity index (χ2n) is 4.67. The lowest BCUT2D eigenvalue weighted by atomic mass is 10.3. The number of hydrogen-bond acceptors (Lipinski definition) is 10. The lowest BCUT2D eigenvalue weighted by Gasteiger charge is -2.07. The van der Waals surface area contributed by atoms with E-state index in [0.717, 1.165) is 11.8 Å². The summed E-state index contributed by atoms with van der Waals surface area (Å²) in [6, 6.07) is -0.726. The number of nitrogens with one attached hydrogen (secondary N) is 2. The molecule has 0 fully saturated rings. The second-order valence-corrected chi connectivity index (χ2v) is 5.61. The summed E-state index contributed by atoms with van der Waals surface area (Å²) in [5.74, 6) is -2.43. The molecular weight excluding hydrogens is 378 g/mol. The topological polar surface area (TPSA) is 163 Å². The number of nitrogen functional groups attached to an aromatic ring is 1. The summed E-state index contributed by atoms with van der Waals surface area (Å²) < 4.78 is 9.52. The number of anilines is 1. The van der Waals surface area contributed by atoms with E-state index in [1.54, 1.807) is 6.92 Å². The van der Waals surface area contributed by atoms with Gasteiger partial charge in [-0.25, -0.2) is 19.6 Å². The van der Waals surface area contributed by atoms with E-state index < -0.39 is 30.5 Å². The van der Waals surface area contributed by atoms with Gasteiger partial charge < -0.3 is 20.5 Å². The average molecular weight is 397 g/mol. The van der Waals surface area contributed by atoms with Crippen LogP contribution < -0.4 is 16.4 Å². The average Bonchev–Trinajstić information content (AvgIpc) is 2.63. The van der Waals surface area contributed by atoms with E-state index in [0.29, 0.717) is 0 Å². The highest BCUT2D eigenvalue weighted by atomic mass is 32.2. The minimum atomic E-state index is -0.783. The minimum Gasteiger partial charge on any atom is -0.462 e. The lowest BCUT2D eigenvalue weighted by molar-refractivity contribution is -0.145. The van der Waals surface area contributed by atoms with Crippen molar-refractivity contribution in [3.8, 4) is 0 Å². The van der Waals surface area contributed by atoms with Gasteiger partial charge in [0.05, 0.1) is 12.4 Å². The zero-order valence-corrected chi connectivity index (χ0v) is 15.3. The molecule has 0 saturated heterocycles. The van der Waals surface area contributed by atoms with Gasteiger partial charge in [0, 0.05) is 12.7 Å². The number of carbonyl (C=O) groups excluding carboxylic acids is 4. The van der Waals surface area contributed by atoms with Gasteiger partial charge in [0.15, 0.2) is 11.8 Å². The van der Waals surface area contributed by atoms with Crippen molar-refractivity contribution in [2.75, 3.05) is 31.2 Å². The first-order valence-corrected chi connectivity index (χ1v) is 8.62. The molecule has 0 unspecified atom stereocenters. The molecule has 1 heterocycles. The number of carbonyl (C=O) groups is 4. The maximum atomic E-state index is 11.6. The molecule has 0 aliphatic rings. The Bertz CT molecular complexity index is 727. The van der Waals surface area contributed by atoms with Gasteiger partial charge in [-0.15, -0.1) is 6.58 Å². The van der Waals surface area contributed by atoms with Crippen LogP contribution in [0.5, 0.6) is 0 Å². The molecule has 11 nitrogen and oxygen atoms in total. The van der Waals surface area contributed by atoms with Crippen molar-refractivity contribution in [3.05, 3.63) is 24.4 Å². The van der Waals surface area contributed by atoms with Crippen LogP contribution in [0.2, 0.25) is 0 Å². The summed E-state index contributed by atoms with van der Waals surface area (Å²) in [7, 11) is 0. The monoisotopic (exact) mass is 397 g/mol. The molecule has 1 rings (SSSR count). The number of rotatable bonds is 9. The molecule has 0 aliphatic carbocycles. The standard InChI is InChI=1S/C15H19N5O6S/c1-3-5-17-14(24)19-10(21)7-26-11(22)8-27-15-18-6-9(12(16)20-15)13(23)25-4-2/h3,6H,1,4-5,7-8H2,2H3,(H2,16,18,20)(H2,17,19,21,24). The molecule has 27 heavy (non-hydrogen) atoms. The van der Waals surface area contributed by atoms with Crippen molar-refractivity contribution >= 4 is 41.5 Å². The molecule has 12 heteroatoms. The number of hydrogen-bond donors (Lipinski definition) is 3. The van der Waals surface area contributed by atoms with Crippen molar-refractivity contribution < 1.29 is 28.7 Å². The first-order chi connectivity index (χ1) is 12.9. The van der Waals surface area contributed by atoms with Gasteiger partial charge in [-0.2, -0.15) is 0 Å². The highest BCUT2D eigenvalue weighted by Crippen LogP contribution is 2.17. The second kappa shape index (κ2) is 11.5. The summed E-state index contributed by atoms with van der Waals surface area (Å²) in [5, 5.41) is 4.45. The first kappa shape index (κ1) is 21.9. The van der Waals surface area contributed by atoms with Gasteiger partial charge >= 0.3 is 18.0 Å². The molecule has 0 aliphatic heterocycles. The first-order valence-electron chi connectivity index (χ1n) is 7.64. The van der Waals surface area contributed by atoms with Crippen molar-refractivity contribution in [2.24, 2.45) is 0 Å². The molecule has 4 N–H and O–H groups in total. The van der Waals surface area contributed by atoms with Crippen LogP contribution in [-0.2, 0) is 19.1 Å². The number of aromatic nitrogens is 2. The molecule has 146 valence electrons. The summed E-state index contributed by atoms with van der Waals surface area (Å²) in [4.78, 5) is 53.7. The quantitative estimate of drug-likeness (QED) is 0.222. The molecule has 0 saturated carbocycles. The Morgan fingerprint density at radius 1 is 1.33 bits per heavy atom. The van der Waals surface area contributed by atoms with E-state index >= 15 is 0 Å². The number of amides is 3. The summed E-state index contributed by atoms with van der Waals surface area (Å²) >= 11 is 0.902. The van der Waals surface area contributed by atoms with Crippen molar-refractivity contribution in [3.63, 3.8) is 0 Å². The third-order valence-corrected chi connectivity index (χ3v) is 3.47. The van der Waals surface area contributed by atoms with Gasteiger partial charge in [0.2, 0.25) is 0 Å². The number of nitrogens with zero attached hydrogens (tertiary/aromatic N) is 2. The van der Waals surface area contributed by atoms with Crippen LogP contribution in [0, 0.1) is 0 Å². The van der Waals surface area contributed by atoms with Gasteiger partial charge in [0.25, 0.3) is 5.91 Å². The Balaban J connectivity index is 2.40. The van der Waals surface area contributed by atoms with Gasteiger partial charge in [0.1, 0.15) is 11.4 Å². The van der Waals surface area contributed by atoms with E-state index in [-0.39, 0.29) is 35.4 Å². The largest absolute Gasteiger partial charge is 0.462 e. The maximum absolute atomic E-state index is 11.6. The Morgan fingerprint density at radius 3 is 2.70 bits per heavy atom. The van der Waals surface area contributed by atoms with Gasteiger partial charge in [-0.3, -0.25) is 14.9 Å². The smallest absolute Gasteiger partial charge is 0.343 e. The van der Waals surface area contributed by atoms with Crippen LogP contribution in [0.1, 0.15) is 17.3 Å². The van der Waals surface area contributed by atoms with E-state index in [1.807, 2.05) is 5.32 Å². The lowest BCUT2D eigenvalue weighted by Crippen LogP contribution is -2.41. The van der Waals surface area contributed by atoms with Crippen LogP contribution >= 0.6 is 11.8 Å². The molecule has 1 aromatic rings.